The SMILES string of the molecule is C[C@@H]1[C@@H](C(=O)N2C(=O)O[C@H]3[C@@H]2C2(C)c4ccccc4C3(C)c3ccccc32)[C@H]2C=C[C@@H]1C2. The van der Waals surface area contributed by atoms with E-state index >= 15 is 0 Å². The number of nitrogens with zero attached hydrogens (tertiary/aromatic N) is 1. The van der Waals surface area contributed by atoms with E-state index in [1.807, 2.05) is 0 Å². The molecule has 5 aliphatic carbocycles. The van der Waals surface area contributed by atoms with Crippen LogP contribution in [0, 0.1) is 23.7 Å². The lowest BCUT2D eigenvalue weighted by molar-refractivity contribution is -0.137. The number of allylic oxidation sites excluding steroid dienone is 2. The molecule has 4 bridgehead atoms. The molecular weight excluding hydrogens is 398 g/mol. The smallest absolute Gasteiger partial charge is 0.417 e. The molecule has 0 spiro atoms. The van der Waals surface area contributed by atoms with Gasteiger partial charge in [-0.25, -0.2) is 9.69 Å². The molecule has 1 saturated carbocycles. The number of ether oxygens (including phenoxy) is 1. The second-order valence-corrected chi connectivity index (χ2v) is 10.8. The average Bonchev–Trinajstić information content (AvgIpc) is 3.50. The fourth-order valence-corrected chi connectivity index (χ4v) is 8.03. The van der Waals surface area contributed by atoms with Gasteiger partial charge < -0.3 is 4.74 Å². The molecule has 32 heavy (non-hydrogen) atoms. The van der Waals surface area contributed by atoms with E-state index in [0.29, 0.717) is 5.92 Å². The van der Waals surface area contributed by atoms with E-state index in [1.165, 1.54) is 27.2 Å². The predicted molar refractivity (Wildman–Crippen MR) is 120 cm³/mol. The van der Waals surface area contributed by atoms with Gasteiger partial charge in [0.05, 0.1) is 11.5 Å². The molecule has 2 fully saturated rings. The quantitative estimate of drug-likeness (QED) is 0.617. The molecule has 2 aromatic carbocycles. The molecule has 8 rings (SSSR count). The number of fused-ring (bicyclic) bond motifs is 2. The highest BCUT2D eigenvalue weighted by Gasteiger charge is 2.70. The fraction of sp³-hybridized carbons (Fsp3) is 0.429. The summed E-state index contributed by atoms with van der Waals surface area (Å²) >= 11 is 0. The predicted octanol–water partition coefficient (Wildman–Crippen LogP) is 4.80. The maximum absolute atomic E-state index is 14.1. The van der Waals surface area contributed by atoms with Crippen molar-refractivity contribution < 1.29 is 14.3 Å². The van der Waals surface area contributed by atoms with Crippen LogP contribution < -0.4 is 0 Å². The molecule has 0 aromatic heterocycles. The number of hydrogen-bond donors (Lipinski definition) is 0. The van der Waals surface area contributed by atoms with Crippen LogP contribution in [0.3, 0.4) is 0 Å². The Bertz CT molecular complexity index is 1180. The first-order valence-electron chi connectivity index (χ1n) is 11.8. The molecule has 0 radical (unpaired) electrons. The largest absolute Gasteiger partial charge is 0.442 e. The molecule has 162 valence electrons. The monoisotopic (exact) mass is 425 g/mol. The Hall–Kier alpha value is -2.88. The molecule has 4 nitrogen and oxygen atoms in total. The second kappa shape index (κ2) is 5.72. The van der Waals surface area contributed by atoms with Crippen molar-refractivity contribution in [2.45, 2.75) is 50.2 Å². The van der Waals surface area contributed by atoms with Crippen LogP contribution in [0.4, 0.5) is 4.79 Å². The molecule has 4 heteroatoms. The van der Waals surface area contributed by atoms with Gasteiger partial charge in [0.2, 0.25) is 5.91 Å². The molecule has 2 aromatic rings. The lowest BCUT2D eigenvalue weighted by Gasteiger charge is -2.58. The van der Waals surface area contributed by atoms with E-state index in [4.69, 9.17) is 4.74 Å². The summed E-state index contributed by atoms with van der Waals surface area (Å²) in [6, 6.07) is 16.6. The Morgan fingerprint density at radius 2 is 1.44 bits per heavy atom. The Balaban J connectivity index is 1.44. The standard InChI is InChI=1S/C28H27NO3/c1-15-16-12-13-17(14-16)22(15)25(30)29-23-24(32-26(29)31)28(3)20-10-6-4-8-18(20)27(23,2)19-9-5-7-11-21(19)28/h4-13,15-17,22-24H,14H2,1-3H3/t15-,16+,17-,22+,23+,24-,27?,28?/m0/s1. The van der Waals surface area contributed by atoms with Gasteiger partial charge in [0.15, 0.2) is 0 Å². The van der Waals surface area contributed by atoms with Gasteiger partial charge in [-0.05, 0) is 60.3 Å². The van der Waals surface area contributed by atoms with E-state index in [2.05, 4.69) is 81.5 Å². The Labute approximate surface area is 188 Å². The fourth-order valence-electron chi connectivity index (χ4n) is 8.03. The van der Waals surface area contributed by atoms with Crippen LogP contribution in [0.5, 0.6) is 0 Å². The zero-order valence-electron chi connectivity index (χ0n) is 18.6. The van der Waals surface area contributed by atoms with Crippen LogP contribution >= 0.6 is 0 Å². The van der Waals surface area contributed by atoms with E-state index < -0.39 is 23.0 Å². The zero-order valence-corrected chi connectivity index (χ0v) is 18.6. The van der Waals surface area contributed by atoms with Gasteiger partial charge in [-0.1, -0.05) is 67.6 Å². The number of benzene rings is 2. The number of rotatable bonds is 1. The summed E-state index contributed by atoms with van der Waals surface area (Å²) in [5.74, 6) is 0.754. The first kappa shape index (κ1) is 18.7. The van der Waals surface area contributed by atoms with Crippen LogP contribution in [0.2, 0.25) is 0 Å². The highest BCUT2D eigenvalue weighted by molar-refractivity contribution is 5.97. The number of carbonyl (C=O) groups is 2. The van der Waals surface area contributed by atoms with Gasteiger partial charge in [0.25, 0.3) is 0 Å². The Morgan fingerprint density at radius 3 is 1.97 bits per heavy atom. The molecule has 1 aliphatic heterocycles. The number of amides is 2. The third kappa shape index (κ3) is 1.85. The Kier molecular flexibility index (Phi) is 3.34. The molecule has 1 saturated heterocycles. The maximum atomic E-state index is 14.1. The summed E-state index contributed by atoms with van der Waals surface area (Å²) < 4.78 is 6.14. The van der Waals surface area contributed by atoms with Crippen LogP contribution in [0.15, 0.2) is 60.7 Å². The maximum Gasteiger partial charge on any atom is 0.417 e. The van der Waals surface area contributed by atoms with E-state index in [1.54, 1.807) is 0 Å². The summed E-state index contributed by atoms with van der Waals surface area (Å²) in [5, 5.41) is 0. The van der Waals surface area contributed by atoms with Gasteiger partial charge in [-0.15, -0.1) is 0 Å². The molecule has 0 N–H and O–H groups in total. The van der Waals surface area contributed by atoms with Crippen LogP contribution in [0.25, 0.3) is 0 Å². The molecule has 1 heterocycles. The molecule has 6 atom stereocenters. The second-order valence-electron chi connectivity index (χ2n) is 10.8. The lowest BCUT2D eigenvalue weighted by Crippen LogP contribution is -2.67. The number of hydrogen-bond acceptors (Lipinski definition) is 3. The first-order chi connectivity index (χ1) is 15.4. The molecule has 2 amide bonds. The van der Waals surface area contributed by atoms with Gasteiger partial charge in [0, 0.05) is 11.3 Å². The van der Waals surface area contributed by atoms with Gasteiger partial charge in [-0.3, -0.25) is 4.79 Å². The van der Waals surface area contributed by atoms with Crippen molar-refractivity contribution in [3.63, 3.8) is 0 Å². The Morgan fingerprint density at radius 1 is 0.906 bits per heavy atom. The average molecular weight is 426 g/mol. The summed E-state index contributed by atoms with van der Waals surface area (Å²) in [6.45, 7) is 6.55. The van der Waals surface area contributed by atoms with Crippen LogP contribution in [-0.4, -0.2) is 29.0 Å². The summed E-state index contributed by atoms with van der Waals surface area (Å²) in [6.07, 6.45) is 4.60. The molecule has 0 unspecified atom stereocenters. The lowest BCUT2D eigenvalue weighted by atomic mass is 9.47. The zero-order chi connectivity index (χ0) is 22.0. The highest BCUT2D eigenvalue weighted by atomic mass is 16.6. The van der Waals surface area contributed by atoms with Crippen LogP contribution in [0.1, 0.15) is 49.4 Å². The number of imide groups is 1. The number of carbonyl (C=O) groups excluding carboxylic acids is 2. The van der Waals surface area contributed by atoms with Crippen LogP contribution in [-0.2, 0) is 20.4 Å². The van der Waals surface area contributed by atoms with Crippen molar-refractivity contribution in [2.24, 2.45) is 23.7 Å². The van der Waals surface area contributed by atoms with E-state index in [9.17, 15) is 9.59 Å². The minimum atomic E-state index is -0.506. The van der Waals surface area contributed by atoms with Crippen molar-refractivity contribution in [3.8, 4) is 0 Å². The summed E-state index contributed by atoms with van der Waals surface area (Å²) in [5.41, 5.74) is 3.84. The van der Waals surface area contributed by atoms with Gasteiger partial charge in [-0.2, -0.15) is 0 Å². The summed E-state index contributed by atoms with van der Waals surface area (Å²) in [7, 11) is 0. The molecule has 6 aliphatic rings. The topological polar surface area (TPSA) is 46.6 Å². The third-order valence-electron chi connectivity index (χ3n) is 9.62. The summed E-state index contributed by atoms with van der Waals surface area (Å²) in [4.78, 5) is 29.0. The van der Waals surface area contributed by atoms with Gasteiger partial charge >= 0.3 is 6.09 Å². The minimum Gasteiger partial charge on any atom is -0.442 e. The van der Waals surface area contributed by atoms with Crippen molar-refractivity contribution >= 4 is 12.0 Å². The third-order valence-corrected chi connectivity index (χ3v) is 9.62. The van der Waals surface area contributed by atoms with E-state index in [-0.39, 0.29) is 29.7 Å². The van der Waals surface area contributed by atoms with Crippen molar-refractivity contribution in [1.82, 2.24) is 4.90 Å². The van der Waals surface area contributed by atoms with Gasteiger partial charge in [0.1, 0.15) is 6.10 Å². The van der Waals surface area contributed by atoms with Crippen molar-refractivity contribution in [1.29, 1.82) is 0 Å². The van der Waals surface area contributed by atoms with Crippen molar-refractivity contribution in [2.75, 3.05) is 0 Å². The highest BCUT2D eigenvalue weighted by Crippen LogP contribution is 2.63. The molecular formula is C28H27NO3. The van der Waals surface area contributed by atoms with Crippen molar-refractivity contribution in [3.05, 3.63) is 82.9 Å². The minimum absolute atomic E-state index is 0.0424. The first-order valence-corrected chi connectivity index (χ1v) is 11.8. The normalized spacial score (nSPS) is 42.0. The van der Waals surface area contributed by atoms with E-state index in [0.717, 1.165) is 6.42 Å².